The van der Waals surface area contributed by atoms with Gasteiger partial charge in [0.15, 0.2) is 5.78 Å². The molecule has 100 valence electrons. The number of hydrogen-bond donors (Lipinski definition) is 0. The Hall–Kier alpha value is -1.37. The average Bonchev–Trinajstić information content (AvgIpc) is 2.61. The number of aryl methyl sites for hydroxylation is 1. The molecule has 0 radical (unpaired) electrons. The number of Topliss-reactive ketones (excluding diaryl/α,β-unsaturated/α-hetero) is 1. The van der Waals surface area contributed by atoms with Gasteiger partial charge in [0.1, 0.15) is 0 Å². The van der Waals surface area contributed by atoms with E-state index in [2.05, 4.69) is 12.1 Å². The van der Waals surface area contributed by atoms with Crippen molar-refractivity contribution in [2.75, 3.05) is 0 Å². The molecule has 0 bridgehead atoms. The highest BCUT2D eigenvalue weighted by Crippen LogP contribution is 2.30. The maximum atomic E-state index is 12.6. The van der Waals surface area contributed by atoms with Gasteiger partial charge in [-0.05, 0) is 49.2 Å². The normalized spacial score (nSPS) is 23.2. The Morgan fingerprint density at radius 3 is 2.58 bits per heavy atom. The lowest BCUT2D eigenvalue weighted by atomic mass is 9.86. The third-order valence-electron chi connectivity index (χ3n) is 4.53. The van der Waals surface area contributed by atoms with Crippen LogP contribution in [0, 0.1) is 5.92 Å². The van der Waals surface area contributed by atoms with Gasteiger partial charge in [0.25, 0.3) is 0 Å². The van der Waals surface area contributed by atoms with Crippen molar-refractivity contribution in [3.05, 3.63) is 47.0 Å². The van der Waals surface area contributed by atoms with Gasteiger partial charge in [0.05, 0.1) is 0 Å². The summed E-state index contributed by atoms with van der Waals surface area (Å²) in [4.78, 5) is 12.6. The molecule has 0 spiro atoms. The van der Waals surface area contributed by atoms with Gasteiger partial charge < -0.3 is 0 Å². The number of ketones is 1. The van der Waals surface area contributed by atoms with Crippen molar-refractivity contribution < 1.29 is 4.79 Å². The summed E-state index contributed by atoms with van der Waals surface area (Å²) < 4.78 is 0. The second kappa shape index (κ2) is 5.73. The fourth-order valence-corrected chi connectivity index (χ4v) is 3.46. The minimum atomic E-state index is 0.290. The summed E-state index contributed by atoms with van der Waals surface area (Å²) in [5.41, 5.74) is 3.26. The molecule has 1 aromatic rings. The van der Waals surface area contributed by atoms with Crippen molar-refractivity contribution in [2.45, 2.75) is 51.4 Å². The van der Waals surface area contributed by atoms with Crippen LogP contribution in [0.1, 0.15) is 60.9 Å². The van der Waals surface area contributed by atoms with E-state index in [-0.39, 0.29) is 0 Å². The van der Waals surface area contributed by atoms with Crippen LogP contribution in [0.5, 0.6) is 0 Å². The second-order valence-corrected chi connectivity index (χ2v) is 5.93. The standard InChI is InChI=1S/C18H22O/c19-18-16(13-14-7-2-1-3-8-14)11-6-10-15-9-4-5-12-17(15)18/h4-5,9,12-14H,1-3,6-8,10-11H2/b16-13-. The molecule has 1 nitrogen and oxygen atoms in total. The number of allylic oxidation sites excluding steroid dienone is 2. The van der Waals surface area contributed by atoms with Crippen LogP contribution >= 0.6 is 0 Å². The number of fused-ring (bicyclic) bond motifs is 1. The Balaban J connectivity index is 1.86. The summed E-state index contributed by atoms with van der Waals surface area (Å²) in [6.45, 7) is 0. The first-order valence-electron chi connectivity index (χ1n) is 7.68. The van der Waals surface area contributed by atoms with E-state index in [4.69, 9.17) is 0 Å². The van der Waals surface area contributed by atoms with Crippen LogP contribution in [-0.2, 0) is 6.42 Å². The van der Waals surface area contributed by atoms with E-state index in [1.807, 2.05) is 18.2 Å². The molecular formula is C18H22O. The molecule has 19 heavy (non-hydrogen) atoms. The molecule has 0 unspecified atom stereocenters. The molecule has 0 aliphatic heterocycles. The molecule has 0 N–H and O–H groups in total. The molecule has 0 aromatic heterocycles. The molecule has 1 fully saturated rings. The first-order chi connectivity index (χ1) is 9.34. The predicted molar refractivity (Wildman–Crippen MR) is 78.4 cm³/mol. The van der Waals surface area contributed by atoms with E-state index in [0.29, 0.717) is 11.7 Å². The Labute approximate surface area is 115 Å². The maximum Gasteiger partial charge on any atom is 0.188 e. The van der Waals surface area contributed by atoms with Crippen LogP contribution in [-0.4, -0.2) is 5.78 Å². The minimum Gasteiger partial charge on any atom is -0.289 e. The summed E-state index contributed by atoms with van der Waals surface area (Å²) in [5.74, 6) is 0.941. The van der Waals surface area contributed by atoms with Gasteiger partial charge in [-0.1, -0.05) is 49.6 Å². The Morgan fingerprint density at radius 1 is 0.947 bits per heavy atom. The zero-order valence-corrected chi connectivity index (χ0v) is 11.5. The summed E-state index contributed by atoms with van der Waals surface area (Å²) in [5, 5.41) is 0. The molecule has 3 rings (SSSR count). The average molecular weight is 254 g/mol. The van der Waals surface area contributed by atoms with E-state index in [1.54, 1.807) is 0 Å². The van der Waals surface area contributed by atoms with Crippen LogP contribution < -0.4 is 0 Å². The molecule has 0 amide bonds. The van der Waals surface area contributed by atoms with Crippen molar-refractivity contribution in [2.24, 2.45) is 5.92 Å². The monoisotopic (exact) mass is 254 g/mol. The summed E-state index contributed by atoms with van der Waals surface area (Å²) in [7, 11) is 0. The van der Waals surface area contributed by atoms with Crippen molar-refractivity contribution in [1.82, 2.24) is 0 Å². The number of rotatable bonds is 1. The van der Waals surface area contributed by atoms with Crippen LogP contribution in [0.15, 0.2) is 35.9 Å². The summed E-state index contributed by atoms with van der Waals surface area (Å²) >= 11 is 0. The highest BCUT2D eigenvalue weighted by molar-refractivity contribution is 6.09. The van der Waals surface area contributed by atoms with Crippen molar-refractivity contribution >= 4 is 5.78 Å². The van der Waals surface area contributed by atoms with Gasteiger partial charge >= 0.3 is 0 Å². The topological polar surface area (TPSA) is 17.1 Å². The van der Waals surface area contributed by atoms with Gasteiger partial charge in [-0.15, -0.1) is 0 Å². The third-order valence-corrected chi connectivity index (χ3v) is 4.53. The predicted octanol–water partition coefficient (Wildman–Crippen LogP) is 4.71. The van der Waals surface area contributed by atoms with E-state index in [0.717, 1.165) is 30.4 Å². The minimum absolute atomic E-state index is 0.290. The number of carbonyl (C=O) groups excluding carboxylic acids is 1. The van der Waals surface area contributed by atoms with E-state index in [9.17, 15) is 4.79 Å². The fourth-order valence-electron chi connectivity index (χ4n) is 3.46. The molecule has 0 saturated heterocycles. The van der Waals surface area contributed by atoms with E-state index >= 15 is 0 Å². The van der Waals surface area contributed by atoms with Gasteiger partial charge in [0.2, 0.25) is 0 Å². The first-order valence-corrected chi connectivity index (χ1v) is 7.68. The lowest BCUT2D eigenvalue weighted by molar-refractivity contribution is 0.103. The molecule has 2 aliphatic carbocycles. The SMILES string of the molecule is O=C1/C(=C\C2CCCCC2)CCCc2ccccc21. The maximum absolute atomic E-state index is 12.6. The highest BCUT2D eigenvalue weighted by atomic mass is 16.1. The van der Waals surface area contributed by atoms with Crippen molar-refractivity contribution in [3.63, 3.8) is 0 Å². The molecular weight excluding hydrogens is 232 g/mol. The molecule has 1 saturated carbocycles. The summed E-state index contributed by atoms with van der Waals surface area (Å²) in [6.07, 6.45) is 12.0. The third kappa shape index (κ3) is 2.80. The second-order valence-electron chi connectivity index (χ2n) is 5.93. The number of carbonyl (C=O) groups is 1. The molecule has 0 heterocycles. The zero-order valence-electron chi connectivity index (χ0n) is 11.5. The van der Waals surface area contributed by atoms with E-state index in [1.165, 1.54) is 37.7 Å². The lowest BCUT2D eigenvalue weighted by Gasteiger charge is -2.19. The van der Waals surface area contributed by atoms with Gasteiger partial charge in [0, 0.05) is 5.56 Å². The number of benzene rings is 1. The Bertz CT molecular complexity index is 492. The lowest BCUT2D eigenvalue weighted by Crippen LogP contribution is -2.08. The zero-order chi connectivity index (χ0) is 13.1. The summed E-state index contributed by atoms with van der Waals surface area (Å²) in [6, 6.07) is 8.14. The van der Waals surface area contributed by atoms with Gasteiger partial charge in [-0.25, -0.2) is 0 Å². The highest BCUT2D eigenvalue weighted by Gasteiger charge is 2.21. The van der Waals surface area contributed by atoms with Crippen LogP contribution in [0.25, 0.3) is 0 Å². The largest absolute Gasteiger partial charge is 0.289 e. The van der Waals surface area contributed by atoms with Crippen molar-refractivity contribution in [3.8, 4) is 0 Å². The quantitative estimate of drug-likeness (QED) is 0.524. The van der Waals surface area contributed by atoms with Crippen LogP contribution in [0.2, 0.25) is 0 Å². The molecule has 1 heteroatoms. The fraction of sp³-hybridized carbons (Fsp3) is 0.500. The van der Waals surface area contributed by atoms with Gasteiger partial charge in [-0.3, -0.25) is 4.79 Å². The Morgan fingerprint density at radius 2 is 1.74 bits per heavy atom. The van der Waals surface area contributed by atoms with Crippen LogP contribution in [0.4, 0.5) is 0 Å². The number of hydrogen-bond acceptors (Lipinski definition) is 1. The first kappa shape index (κ1) is 12.7. The molecule has 0 atom stereocenters. The molecule has 2 aliphatic rings. The smallest absolute Gasteiger partial charge is 0.188 e. The Kier molecular flexibility index (Phi) is 3.82. The van der Waals surface area contributed by atoms with Gasteiger partial charge in [-0.2, -0.15) is 0 Å². The van der Waals surface area contributed by atoms with Crippen molar-refractivity contribution in [1.29, 1.82) is 0 Å². The van der Waals surface area contributed by atoms with E-state index < -0.39 is 0 Å². The van der Waals surface area contributed by atoms with Crippen LogP contribution in [0.3, 0.4) is 0 Å². The molecule has 1 aromatic carbocycles.